The summed E-state index contributed by atoms with van der Waals surface area (Å²) in [7, 11) is -3.93. The molecule has 0 saturated carbocycles. The summed E-state index contributed by atoms with van der Waals surface area (Å²) in [6.45, 7) is 2.41. The Morgan fingerprint density at radius 1 is 1.14 bits per heavy atom. The van der Waals surface area contributed by atoms with Crippen molar-refractivity contribution >= 4 is 43.5 Å². The number of nitrogens with two attached hydrogens (primary N) is 1. The first kappa shape index (κ1) is 32.7. The lowest BCUT2D eigenvalue weighted by atomic mass is 10.0. The summed E-state index contributed by atoms with van der Waals surface area (Å²) in [5, 5.41) is 35.0. The third kappa shape index (κ3) is 8.46. The van der Waals surface area contributed by atoms with Crippen LogP contribution >= 0.6 is 11.3 Å². The van der Waals surface area contributed by atoms with Gasteiger partial charge in [0.2, 0.25) is 10.2 Å². The number of aliphatic hydroxyl groups is 1. The molecule has 5 N–H and O–H groups in total. The van der Waals surface area contributed by atoms with Crippen LogP contribution in [0.25, 0.3) is 10.2 Å². The number of carboxylic acids is 1. The van der Waals surface area contributed by atoms with Gasteiger partial charge in [-0.05, 0) is 41.8 Å². The van der Waals surface area contributed by atoms with Crippen LogP contribution in [0.4, 0.5) is 4.39 Å². The van der Waals surface area contributed by atoms with Crippen LogP contribution in [0.5, 0.6) is 11.5 Å². The lowest BCUT2D eigenvalue weighted by Gasteiger charge is -2.23. The molecule has 236 valence electrons. The predicted octanol–water partition coefficient (Wildman–Crippen LogP) is 1.83. The normalized spacial score (nSPS) is 13.9. The molecule has 0 radical (unpaired) electrons. The second-order valence-corrected chi connectivity index (χ2v) is 13.0. The number of thiazole rings is 1. The molecule has 2 aromatic carbocycles. The van der Waals surface area contributed by atoms with Gasteiger partial charge in [0.05, 0.1) is 16.4 Å². The second-order valence-electron chi connectivity index (χ2n) is 10.2. The molecule has 1 amide bonds. The number of halogens is 1. The van der Waals surface area contributed by atoms with Gasteiger partial charge in [-0.3, -0.25) is 4.79 Å². The number of aliphatic hydroxyl groups excluding tert-OH is 1. The van der Waals surface area contributed by atoms with Crippen LogP contribution in [0.1, 0.15) is 31.1 Å². The number of fused-ring (bicyclic) bond motifs is 1. The first-order valence-corrected chi connectivity index (χ1v) is 15.7. The number of amides is 1. The number of ether oxygens (including phenoxy) is 2. The molecule has 0 fully saturated rings. The molecule has 0 bridgehead atoms. The van der Waals surface area contributed by atoms with E-state index in [9.17, 15) is 32.6 Å². The third-order valence-corrected chi connectivity index (χ3v) is 8.65. The number of carbonyl (C=O) groups is 2. The molecule has 0 saturated heterocycles. The van der Waals surface area contributed by atoms with E-state index >= 15 is 0 Å². The highest BCUT2D eigenvalue weighted by Gasteiger charge is 2.30. The summed E-state index contributed by atoms with van der Waals surface area (Å²) >= 11 is 0.918. The SMILES string of the molecule is CC(C)[C@@H](C(=O)N[C@@H](Cc1ccc(OCC(O)C[18F])cc1)C(=O)O)n1cc(COc2ccc3nc(S(N)(=O)=O)sc3c2)nn1. The minimum absolute atomic E-state index is 0.0109. The van der Waals surface area contributed by atoms with Crippen LogP contribution in [-0.4, -0.2) is 75.9 Å². The number of nitrogens with one attached hydrogen (secondary N) is 1. The molecule has 3 atom stereocenters. The summed E-state index contributed by atoms with van der Waals surface area (Å²) in [4.78, 5) is 29.3. The van der Waals surface area contributed by atoms with E-state index in [1.807, 2.05) is 0 Å². The maximum atomic E-state index is 13.3. The standard InChI is InChI=1S/C27H31FN6O8S2/c1-15(2)24(25(36)30-22(26(37)38)9-16-3-5-19(6-4-16)42-14-18(35)11-28)34-12-17(32-33-34)13-41-20-7-8-21-23(10-20)43-27(31-21)44(29,39)40/h3-8,10,12,15,18,22,24,35H,9,11,13-14H2,1-2H3,(H,30,36)(H,37,38)(H2,29,39,40)/t18?,22-,24-/m0/s1/i28-1. The molecule has 4 rings (SSSR count). The molecule has 0 aliphatic carbocycles. The van der Waals surface area contributed by atoms with E-state index in [-0.39, 0.29) is 29.9 Å². The van der Waals surface area contributed by atoms with Crippen LogP contribution in [0.3, 0.4) is 0 Å². The quantitative estimate of drug-likeness (QED) is 0.146. The van der Waals surface area contributed by atoms with Gasteiger partial charge >= 0.3 is 5.97 Å². The average Bonchev–Trinajstić information content (AvgIpc) is 3.62. The minimum atomic E-state index is -3.93. The Hall–Kier alpha value is -4.19. The Kier molecular flexibility index (Phi) is 10.5. The highest BCUT2D eigenvalue weighted by molar-refractivity contribution is 7.91. The van der Waals surface area contributed by atoms with Crippen LogP contribution < -0.4 is 19.9 Å². The number of hydrogen-bond acceptors (Lipinski definition) is 11. The van der Waals surface area contributed by atoms with E-state index in [0.29, 0.717) is 33.0 Å². The Bertz CT molecular complexity index is 1710. The van der Waals surface area contributed by atoms with Gasteiger partial charge in [-0.1, -0.05) is 31.2 Å². The molecular weight excluding hydrogens is 618 g/mol. The highest BCUT2D eigenvalue weighted by atomic mass is 32.2. The summed E-state index contributed by atoms with van der Waals surface area (Å²) in [6.07, 6.45) is 0.278. The fraction of sp³-hybridized carbons (Fsp3) is 0.370. The third-order valence-electron chi connectivity index (χ3n) is 6.31. The monoisotopic (exact) mass is 649 g/mol. The maximum absolute atomic E-state index is 13.3. The summed E-state index contributed by atoms with van der Waals surface area (Å²) in [5.41, 5.74) is 1.46. The second kappa shape index (κ2) is 14.1. The Morgan fingerprint density at radius 2 is 1.84 bits per heavy atom. The van der Waals surface area contributed by atoms with E-state index in [0.717, 1.165) is 11.3 Å². The summed E-state index contributed by atoms with van der Waals surface area (Å²) in [5.74, 6) is -1.27. The van der Waals surface area contributed by atoms with Crippen molar-refractivity contribution in [1.29, 1.82) is 0 Å². The topological polar surface area (TPSA) is 209 Å². The largest absolute Gasteiger partial charge is 0.491 e. The summed E-state index contributed by atoms with van der Waals surface area (Å²) < 4.78 is 48.3. The summed E-state index contributed by atoms with van der Waals surface area (Å²) in [6, 6.07) is 9.10. The van der Waals surface area contributed by atoms with Crippen molar-refractivity contribution in [1.82, 2.24) is 25.3 Å². The molecule has 1 unspecified atom stereocenters. The molecule has 0 spiro atoms. The molecular formula is C27H31FN6O8S2. The Labute approximate surface area is 255 Å². The van der Waals surface area contributed by atoms with Crippen LogP contribution in [0, 0.1) is 5.92 Å². The van der Waals surface area contributed by atoms with Crippen LogP contribution in [0.2, 0.25) is 0 Å². The zero-order chi connectivity index (χ0) is 32.0. The number of rotatable bonds is 15. The number of nitrogens with zero attached hydrogens (tertiary/aromatic N) is 4. The van der Waals surface area contributed by atoms with Crippen molar-refractivity contribution in [3.63, 3.8) is 0 Å². The Balaban J connectivity index is 1.39. The molecule has 44 heavy (non-hydrogen) atoms. The number of carboxylic acid groups (broad SMARTS) is 1. The lowest BCUT2D eigenvalue weighted by molar-refractivity contribution is -0.142. The highest BCUT2D eigenvalue weighted by Crippen LogP contribution is 2.28. The minimum Gasteiger partial charge on any atom is -0.491 e. The van der Waals surface area contributed by atoms with Gasteiger partial charge in [0.15, 0.2) is 0 Å². The van der Waals surface area contributed by atoms with Gasteiger partial charge in [-0.25, -0.2) is 32.4 Å². The number of primary sulfonamides is 1. The molecule has 0 aliphatic heterocycles. The van der Waals surface area contributed by atoms with Gasteiger partial charge in [-0.2, -0.15) is 0 Å². The first-order valence-electron chi connectivity index (χ1n) is 13.3. The smallest absolute Gasteiger partial charge is 0.326 e. The van der Waals surface area contributed by atoms with Crippen molar-refractivity contribution in [3.05, 3.63) is 59.9 Å². The predicted molar refractivity (Wildman–Crippen MR) is 156 cm³/mol. The average molecular weight is 650 g/mol. The van der Waals surface area contributed by atoms with Crippen molar-refractivity contribution in [2.45, 2.75) is 49.4 Å². The van der Waals surface area contributed by atoms with Crippen LogP contribution in [-0.2, 0) is 32.6 Å². The molecule has 2 heterocycles. The number of sulfonamides is 1. The van der Waals surface area contributed by atoms with E-state index < -0.39 is 46.8 Å². The van der Waals surface area contributed by atoms with Gasteiger partial charge < -0.3 is 25.0 Å². The molecule has 14 nitrogen and oxygen atoms in total. The number of alkyl halides is 1. The Morgan fingerprint density at radius 3 is 2.48 bits per heavy atom. The van der Waals surface area contributed by atoms with Gasteiger partial charge in [0, 0.05) is 6.42 Å². The number of aromatic nitrogens is 4. The van der Waals surface area contributed by atoms with Crippen molar-refractivity contribution < 1.29 is 42.1 Å². The van der Waals surface area contributed by atoms with E-state index in [1.165, 1.54) is 10.9 Å². The fourth-order valence-electron chi connectivity index (χ4n) is 4.15. The van der Waals surface area contributed by atoms with Crippen molar-refractivity contribution in [2.24, 2.45) is 11.1 Å². The van der Waals surface area contributed by atoms with Crippen molar-refractivity contribution in [3.8, 4) is 11.5 Å². The zero-order valence-electron chi connectivity index (χ0n) is 23.7. The number of hydrogen-bond donors (Lipinski definition) is 4. The maximum Gasteiger partial charge on any atom is 0.326 e. The molecule has 0 aliphatic rings. The van der Waals surface area contributed by atoms with E-state index in [2.05, 4.69) is 20.6 Å². The molecule has 17 heteroatoms. The van der Waals surface area contributed by atoms with Crippen molar-refractivity contribution in [2.75, 3.05) is 13.3 Å². The van der Waals surface area contributed by atoms with Gasteiger partial charge in [-0.15, -0.1) is 16.4 Å². The zero-order valence-corrected chi connectivity index (χ0v) is 25.3. The number of carbonyl (C=O) groups excluding carboxylic acids is 1. The fourth-order valence-corrected chi connectivity index (χ4v) is 5.83. The number of benzene rings is 2. The van der Waals surface area contributed by atoms with Gasteiger partial charge in [0.1, 0.15) is 55.3 Å². The van der Waals surface area contributed by atoms with Crippen LogP contribution in [0.15, 0.2) is 53.0 Å². The molecule has 4 aromatic rings. The van der Waals surface area contributed by atoms with E-state index in [4.69, 9.17) is 14.6 Å². The van der Waals surface area contributed by atoms with Gasteiger partial charge in [0.25, 0.3) is 10.0 Å². The first-order chi connectivity index (χ1) is 20.8. The molecule has 2 aromatic heterocycles. The lowest BCUT2D eigenvalue weighted by Crippen LogP contribution is -2.46. The number of aliphatic carboxylic acids is 1. The van der Waals surface area contributed by atoms with E-state index in [1.54, 1.807) is 56.3 Å².